The van der Waals surface area contributed by atoms with Crippen LogP contribution in [0.5, 0.6) is 0 Å². The molecule has 4 nitrogen and oxygen atoms in total. The minimum atomic E-state index is 0.637. The Hall–Kier alpha value is -1.80. The van der Waals surface area contributed by atoms with E-state index in [4.69, 9.17) is 5.26 Å². The smallest absolute Gasteiger partial charge is 0.142 e. The summed E-state index contributed by atoms with van der Waals surface area (Å²) in [4.78, 5) is 0. The van der Waals surface area contributed by atoms with Crippen molar-refractivity contribution in [2.45, 2.75) is 13.3 Å². The van der Waals surface area contributed by atoms with Crippen LogP contribution >= 0.6 is 11.3 Å². The Balaban J connectivity index is 2.02. The quantitative estimate of drug-likeness (QED) is 0.900. The summed E-state index contributed by atoms with van der Waals surface area (Å²) in [6, 6.07) is 4.30. The molecule has 0 saturated heterocycles. The van der Waals surface area contributed by atoms with Gasteiger partial charge in [-0.3, -0.25) is 4.68 Å². The molecule has 0 radical (unpaired) electrons. The van der Waals surface area contributed by atoms with Gasteiger partial charge in [-0.05, 0) is 35.7 Å². The van der Waals surface area contributed by atoms with Crippen molar-refractivity contribution in [3.8, 4) is 6.07 Å². The third-order valence-corrected chi connectivity index (χ3v) is 3.35. The Morgan fingerprint density at radius 1 is 1.59 bits per heavy atom. The van der Waals surface area contributed by atoms with Crippen molar-refractivity contribution in [1.82, 2.24) is 9.78 Å². The van der Waals surface area contributed by atoms with Gasteiger partial charge in [0.15, 0.2) is 0 Å². The Morgan fingerprint density at radius 2 is 2.41 bits per heavy atom. The van der Waals surface area contributed by atoms with E-state index in [1.807, 2.05) is 14.0 Å². The van der Waals surface area contributed by atoms with Gasteiger partial charge in [-0.15, -0.1) is 0 Å². The lowest BCUT2D eigenvalue weighted by molar-refractivity contribution is 0.757. The van der Waals surface area contributed by atoms with E-state index < -0.39 is 0 Å². The summed E-state index contributed by atoms with van der Waals surface area (Å²) in [6.07, 6.45) is 0.957. The van der Waals surface area contributed by atoms with E-state index >= 15 is 0 Å². The van der Waals surface area contributed by atoms with Crippen LogP contribution < -0.4 is 5.32 Å². The maximum absolute atomic E-state index is 9.05. The summed E-state index contributed by atoms with van der Waals surface area (Å²) >= 11 is 1.70. The number of hydrogen-bond acceptors (Lipinski definition) is 4. The van der Waals surface area contributed by atoms with E-state index in [1.54, 1.807) is 16.0 Å². The number of nitrogens with zero attached hydrogens (tertiary/aromatic N) is 3. The van der Waals surface area contributed by atoms with Gasteiger partial charge >= 0.3 is 0 Å². The number of thiophene rings is 1. The summed E-state index contributed by atoms with van der Waals surface area (Å²) in [5, 5.41) is 20.8. The molecule has 0 fully saturated rings. The summed E-state index contributed by atoms with van der Waals surface area (Å²) in [7, 11) is 1.85. The molecular weight excluding hydrogens is 232 g/mol. The van der Waals surface area contributed by atoms with Crippen LogP contribution in [0.2, 0.25) is 0 Å². The molecule has 0 atom stereocenters. The molecule has 0 aromatic carbocycles. The second kappa shape index (κ2) is 5.02. The highest BCUT2D eigenvalue weighted by Crippen LogP contribution is 2.17. The number of hydrogen-bond donors (Lipinski definition) is 1. The fraction of sp³-hybridized carbons (Fsp3) is 0.333. The van der Waals surface area contributed by atoms with Gasteiger partial charge in [0, 0.05) is 13.6 Å². The molecule has 0 unspecified atom stereocenters. The predicted molar refractivity (Wildman–Crippen MR) is 69.2 cm³/mol. The third-order valence-electron chi connectivity index (χ3n) is 2.62. The molecule has 88 valence electrons. The fourth-order valence-electron chi connectivity index (χ4n) is 1.75. The minimum absolute atomic E-state index is 0.637. The van der Waals surface area contributed by atoms with Crippen LogP contribution in [0.3, 0.4) is 0 Å². The van der Waals surface area contributed by atoms with Crippen LogP contribution in [-0.4, -0.2) is 16.3 Å². The molecule has 0 saturated carbocycles. The van der Waals surface area contributed by atoms with Crippen LogP contribution in [0.1, 0.15) is 16.8 Å². The van der Waals surface area contributed by atoms with Crippen molar-refractivity contribution in [1.29, 1.82) is 5.26 Å². The maximum atomic E-state index is 9.05. The van der Waals surface area contributed by atoms with Crippen LogP contribution in [0, 0.1) is 18.3 Å². The van der Waals surface area contributed by atoms with Gasteiger partial charge in [0.25, 0.3) is 0 Å². The maximum Gasteiger partial charge on any atom is 0.142 e. The highest BCUT2D eigenvalue weighted by molar-refractivity contribution is 7.07. The monoisotopic (exact) mass is 246 g/mol. The molecule has 2 aromatic heterocycles. The Kier molecular flexibility index (Phi) is 3.45. The van der Waals surface area contributed by atoms with Crippen molar-refractivity contribution in [2.24, 2.45) is 7.05 Å². The van der Waals surface area contributed by atoms with Gasteiger partial charge in [-0.25, -0.2) is 0 Å². The Labute approximate surface area is 105 Å². The summed E-state index contributed by atoms with van der Waals surface area (Å²) in [5.41, 5.74) is 2.73. The average Bonchev–Trinajstić information content (AvgIpc) is 2.88. The fourth-order valence-corrected chi connectivity index (χ4v) is 2.46. The molecular formula is C12H14N4S. The highest BCUT2D eigenvalue weighted by atomic mass is 32.1. The zero-order valence-corrected chi connectivity index (χ0v) is 10.7. The number of nitrogens with one attached hydrogen (secondary N) is 1. The number of anilines is 1. The van der Waals surface area contributed by atoms with E-state index in [9.17, 15) is 0 Å². The molecule has 0 spiro atoms. The van der Waals surface area contributed by atoms with Crippen molar-refractivity contribution < 1.29 is 0 Å². The number of aryl methyl sites for hydroxylation is 2. The van der Waals surface area contributed by atoms with Crippen molar-refractivity contribution in [2.75, 3.05) is 11.9 Å². The lowest BCUT2D eigenvalue weighted by Gasteiger charge is -2.06. The Morgan fingerprint density at radius 3 is 3.06 bits per heavy atom. The van der Waals surface area contributed by atoms with Crippen LogP contribution in [0.25, 0.3) is 0 Å². The molecule has 2 aromatic rings. The lowest BCUT2D eigenvalue weighted by atomic mass is 10.2. The first-order valence-electron chi connectivity index (χ1n) is 5.41. The molecule has 2 heterocycles. The van der Waals surface area contributed by atoms with Gasteiger partial charge < -0.3 is 5.32 Å². The van der Waals surface area contributed by atoms with E-state index in [0.717, 1.165) is 24.5 Å². The molecule has 0 aliphatic carbocycles. The molecule has 1 N–H and O–H groups in total. The van der Waals surface area contributed by atoms with Gasteiger partial charge in [-0.2, -0.15) is 21.7 Å². The van der Waals surface area contributed by atoms with E-state index in [0.29, 0.717) is 5.56 Å². The minimum Gasteiger partial charge on any atom is -0.369 e. The van der Waals surface area contributed by atoms with Gasteiger partial charge in [0.2, 0.25) is 0 Å². The molecule has 0 bridgehead atoms. The number of aromatic nitrogens is 2. The number of rotatable bonds is 4. The first-order chi connectivity index (χ1) is 8.22. The molecule has 0 aliphatic rings. The van der Waals surface area contributed by atoms with Gasteiger partial charge in [-0.1, -0.05) is 0 Å². The average molecular weight is 246 g/mol. The normalized spacial score (nSPS) is 10.2. The zero-order valence-electron chi connectivity index (χ0n) is 9.90. The Bertz CT molecular complexity index is 534. The SMILES string of the molecule is Cc1nn(C)c(NCCc2ccsc2)c1C#N. The highest BCUT2D eigenvalue weighted by Gasteiger charge is 2.11. The van der Waals surface area contributed by atoms with Crippen molar-refractivity contribution >= 4 is 17.2 Å². The standard InChI is InChI=1S/C12H14N4S/c1-9-11(7-13)12(16(2)15-9)14-5-3-10-4-6-17-8-10/h4,6,8,14H,3,5H2,1-2H3. The van der Waals surface area contributed by atoms with E-state index in [2.05, 4.69) is 33.3 Å². The van der Waals surface area contributed by atoms with Gasteiger partial charge in [0.05, 0.1) is 5.69 Å². The largest absolute Gasteiger partial charge is 0.369 e. The summed E-state index contributed by atoms with van der Waals surface area (Å²) in [5.74, 6) is 0.806. The van der Waals surface area contributed by atoms with E-state index in [-0.39, 0.29) is 0 Å². The van der Waals surface area contributed by atoms with Crippen LogP contribution in [0.4, 0.5) is 5.82 Å². The summed E-state index contributed by atoms with van der Waals surface area (Å²) < 4.78 is 1.72. The lowest BCUT2D eigenvalue weighted by Crippen LogP contribution is -2.09. The van der Waals surface area contributed by atoms with Gasteiger partial charge in [0.1, 0.15) is 17.5 Å². The van der Waals surface area contributed by atoms with Crippen molar-refractivity contribution in [3.05, 3.63) is 33.6 Å². The van der Waals surface area contributed by atoms with Crippen molar-refractivity contribution in [3.63, 3.8) is 0 Å². The zero-order chi connectivity index (χ0) is 12.3. The second-order valence-corrected chi connectivity index (χ2v) is 4.63. The molecule has 0 amide bonds. The first kappa shape index (κ1) is 11.7. The van der Waals surface area contributed by atoms with E-state index in [1.165, 1.54) is 5.56 Å². The topological polar surface area (TPSA) is 53.6 Å². The molecule has 0 aliphatic heterocycles. The van der Waals surface area contributed by atoms with Crippen LogP contribution in [0.15, 0.2) is 16.8 Å². The first-order valence-corrected chi connectivity index (χ1v) is 6.35. The molecule has 5 heteroatoms. The third kappa shape index (κ3) is 2.48. The molecule has 2 rings (SSSR count). The molecule has 17 heavy (non-hydrogen) atoms. The predicted octanol–water partition coefficient (Wildman–Crippen LogP) is 2.32. The second-order valence-electron chi connectivity index (χ2n) is 3.85. The summed E-state index contributed by atoms with van der Waals surface area (Å²) in [6.45, 7) is 2.66. The van der Waals surface area contributed by atoms with Crippen LogP contribution in [-0.2, 0) is 13.5 Å². The number of nitriles is 1.